The lowest BCUT2D eigenvalue weighted by Gasteiger charge is -2.16. The van der Waals surface area contributed by atoms with Crippen molar-refractivity contribution in [1.29, 1.82) is 0 Å². The zero-order valence-corrected chi connectivity index (χ0v) is 6.95. The zero-order chi connectivity index (χ0) is 8.97. The molecule has 1 rings (SSSR count). The summed E-state index contributed by atoms with van der Waals surface area (Å²) >= 11 is 0. The van der Waals surface area contributed by atoms with Crippen LogP contribution in [0.3, 0.4) is 0 Å². The van der Waals surface area contributed by atoms with Crippen LogP contribution in [0, 0.1) is 0 Å². The third-order valence-electron chi connectivity index (χ3n) is 2.11. The number of carbonyl (C=O) groups is 1. The average Bonchev–Trinajstić information content (AvgIpc) is 2.06. The minimum Gasteiger partial charge on any atom is -0.547 e. The van der Waals surface area contributed by atoms with Crippen molar-refractivity contribution in [3.05, 3.63) is 11.6 Å². The van der Waals surface area contributed by atoms with E-state index < -0.39 is 12.1 Å². The van der Waals surface area contributed by atoms with Crippen LogP contribution < -0.4 is 5.11 Å². The van der Waals surface area contributed by atoms with E-state index in [1.807, 2.05) is 6.08 Å². The van der Waals surface area contributed by atoms with Gasteiger partial charge in [-0.3, -0.25) is 0 Å². The molecule has 0 bridgehead atoms. The summed E-state index contributed by atoms with van der Waals surface area (Å²) in [6, 6.07) is 0. The molecule has 0 aromatic heterocycles. The first-order chi connectivity index (χ1) is 5.70. The van der Waals surface area contributed by atoms with Crippen molar-refractivity contribution >= 4 is 5.97 Å². The highest BCUT2D eigenvalue weighted by Gasteiger charge is 2.10. The van der Waals surface area contributed by atoms with Gasteiger partial charge in [0, 0.05) is 0 Å². The van der Waals surface area contributed by atoms with E-state index in [0.717, 1.165) is 24.8 Å². The summed E-state index contributed by atoms with van der Waals surface area (Å²) in [4.78, 5) is 10.2. The van der Waals surface area contributed by atoms with Gasteiger partial charge in [0.2, 0.25) is 0 Å². The molecule has 0 spiro atoms. The van der Waals surface area contributed by atoms with Crippen molar-refractivity contribution in [1.82, 2.24) is 0 Å². The molecule has 0 saturated carbocycles. The molecule has 0 aromatic rings. The Morgan fingerprint density at radius 2 is 2.42 bits per heavy atom. The van der Waals surface area contributed by atoms with E-state index in [9.17, 15) is 9.90 Å². The Morgan fingerprint density at radius 1 is 1.67 bits per heavy atom. The lowest BCUT2D eigenvalue weighted by molar-refractivity contribution is -0.314. The van der Waals surface area contributed by atoms with E-state index >= 15 is 0 Å². The van der Waals surface area contributed by atoms with Crippen LogP contribution in [0.5, 0.6) is 0 Å². The minimum atomic E-state index is -1.37. The molecule has 3 nitrogen and oxygen atoms in total. The van der Waals surface area contributed by atoms with E-state index in [2.05, 4.69) is 0 Å². The maximum atomic E-state index is 10.2. The fraction of sp³-hybridized carbons (Fsp3) is 0.667. The van der Waals surface area contributed by atoms with Crippen molar-refractivity contribution in [3.8, 4) is 0 Å². The van der Waals surface area contributed by atoms with Crippen LogP contribution in [-0.4, -0.2) is 17.2 Å². The van der Waals surface area contributed by atoms with Crippen LogP contribution in [0.2, 0.25) is 0 Å². The molecule has 0 amide bonds. The van der Waals surface area contributed by atoms with Gasteiger partial charge in [-0.15, -0.1) is 0 Å². The first kappa shape index (κ1) is 9.26. The van der Waals surface area contributed by atoms with Gasteiger partial charge in [-0.25, -0.2) is 0 Å². The van der Waals surface area contributed by atoms with Crippen molar-refractivity contribution in [2.45, 2.75) is 38.2 Å². The second kappa shape index (κ2) is 4.26. The van der Waals surface area contributed by atoms with Gasteiger partial charge in [0.05, 0.1) is 12.1 Å². The topological polar surface area (TPSA) is 60.4 Å². The first-order valence-corrected chi connectivity index (χ1v) is 4.27. The number of allylic oxidation sites excluding steroid dienone is 1. The lowest BCUT2D eigenvalue weighted by atomic mass is 9.95. The van der Waals surface area contributed by atoms with Crippen molar-refractivity contribution < 1.29 is 15.0 Å². The quantitative estimate of drug-likeness (QED) is 0.604. The summed E-state index contributed by atoms with van der Waals surface area (Å²) in [5.41, 5.74) is 1.05. The second-order valence-corrected chi connectivity index (χ2v) is 3.15. The first-order valence-electron chi connectivity index (χ1n) is 4.27. The van der Waals surface area contributed by atoms with Crippen LogP contribution in [0.25, 0.3) is 0 Å². The molecule has 0 aliphatic heterocycles. The Bertz CT molecular complexity index is 196. The molecule has 1 aliphatic rings. The summed E-state index contributed by atoms with van der Waals surface area (Å²) in [6.07, 6.45) is 5.14. The van der Waals surface area contributed by atoms with Gasteiger partial charge in [-0.1, -0.05) is 11.6 Å². The number of aliphatic hydroxyl groups is 1. The fourth-order valence-electron chi connectivity index (χ4n) is 1.42. The number of aliphatic hydroxyl groups excluding tert-OH is 1. The van der Waals surface area contributed by atoms with Gasteiger partial charge in [0.1, 0.15) is 0 Å². The molecule has 1 atom stereocenters. The number of carboxylic acid groups (broad SMARTS) is 1. The third kappa shape index (κ3) is 2.66. The number of hydrogen-bond donors (Lipinski definition) is 1. The highest BCUT2D eigenvalue weighted by atomic mass is 16.4. The van der Waals surface area contributed by atoms with Crippen LogP contribution in [0.15, 0.2) is 11.6 Å². The molecule has 0 aromatic carbocycles. The summed E-state index contributed by atoms with van der Waals surface area (Å²) in [7, 11) is 0. The molecule has 1 N–H and O–H groups in total. The number of carboxylic acids is 1. The summed E-state index contributed by atoms with van der Waals surface area (Å²) in [6.45, 7) is 0. The number of rotatable bonds is 3. The highest BCUT2D eigenvalue weighted by Crippen LogP contribution is 2.20. The predicted molar refractivity (Wildman–Crippen MR) is 42.2 cm³/mol. The largest absolute Gasteiger partial charge is 0.547 e. The molecular weight excluding hydrogens is 156 g/mol. The molecule has 1 unspecified atom stereocenters. The highest BCUT2D eigenvalue weighted by molar-refractivity contribution is 5.69. The normalized spacial score (nSPS) is 19.9. The SMILES string of the molecule is O=C([O-])C(O)CC1=CCCCC1. The summed E-state index contributed by atoms with van der Waals surface area (Å²) < 4.78 is 0. The molecule has 0 saturated heterocycles. The number of aliphatic carboxylic acids is 1. The van der Waals surface area contributed by atoms with E-state index in [0.29, 0.717) is 0 Å². The van der Waals surface area contributed by atoms with E-state index in [1.54, 1.807) is 0 Å². The maximum absolute atomic E-state index is 10.2. The Hall–Kier alpha value is -0.830. The van der Waals surface area contributed by atoms with E-state index in [-0.39, 0.29) is 6.42 Å². The Kier molecular flexibility index (Phi) is 3.29. The van der Waals surface area contributed by atoms with Gasteiger partial charge in [0.15, 0.2) is 0 Å². The Labute approximate surface area is 71.7 Å². The molecule has 0 heterocycles. The molecule has 1 aliphatic carbocycles. The Morgan fingerprint density at radius 3 is 2.92 bits per heavy atom. The van der Waals surface area contributed by atoms with Crippen molar-refractivity contribution in [2.75, 3.05) is 0 Å². The van der Waals surface area contributed by atoms with Crippen LogP contribution in [0.1, 0.15) is 32.1 Å². The monoisotopic (exact) mass is 169 g/mol. The standard InChI is InChI=1S/C9H14O3/c10-8(9(11)12)6-7-4-2-1-3-5-7/h4,8,10H,1-3,5-6H2,(H,11,12)/p-1. The van der Waals surface area contributed by atoms with Gasteiger partial charge in [-0.2, -0.15) is 0 Å². The lowest BCUT2D eigenvalue weighted by Crippen LogP contribution is -2.35. The van der Waals surface area contributed by atoms with Crippen LogP contribution in [-0.2, 0) is 4.79 Å². The summed E-state index contributed by atoms with van der Waals surface area (Å²) in [5.74, 6) is -1.37. The molecular formula is C9H13O3-. The zero-order valence-electron chi connectivity index (χ0n) is 6.95. The maximum Gasteiger partial charge on any atom is 0.0970 e. The average molecular weight is 169 g/mol. The van der Waals surface area contributed by atoms with Gasteiger partial charge in [-0.05, 0) is 32.1 Å². The molecule has 0 fully saturated rings. The van der Waals surface area contributed by atoms with E-state index in [4.69, 9.17) is 5.11 Å². The minimum absolute atomic E-state index is 0.238. The Balaban J connectivity index is 2.39. The molecule has 12 heavy (non-hydrogen) atoms. The molecule has 3 heteroatoms. The van der Waals surface area contributed by atoms with Crippen molar-refractivity contribution in [2.24, 2.45) is 0 Å². The number of hydrogen-bond acceptors (Lipinski definition) is 3. The van der Waals surface area contributed by atoms with Gasteiger partial charge in [0.25, 0.3) is 0 Å². The van der Waals surface area contributed by atoms with Crippen LogP contribution in [0.4, 0.5) is 0 Å². The van der Waals surface area contributed by atoms with Gasteiger partial charge >= 0.3 is 0 Å². The second-order valence-electron chi connectivity index (χ2n) is 3.15. The van der Waals surface area contributed by atoms with E-state index in [1.165, 1.54) is 6.42 Å². The molecule has 0 radical (unpaired) electrons. The number of carbonyl (C=O) groups excluding carboxylic acids is 1. The third-order valence-corrected chi connectivity index (χ3v) is 2.11. The van der Waals surface area contributed by atoms with Crippen molar-refractivity contribution in [3.63, 3.8) is 0 Å². The fourth-order valence-corrected chi connectivity index (χ4v) is 1.42. The predicted octanol–water partition coefficient (Wildman–Crippen LogP) is -0.0123. The molecule has 68 valence electrons. The summed E-state index contributed by atoms with van der Waals surface area (Å²) in [5, 5.41) is 19.2. The van der Waals surface area contributed by atoms with Crippen LogP contribution >= 0.6 is 0 Å². The smallest absolute Gasteiger partial charge is 0.0970 e. The van der Waals surface area contributed by atoms with Gasteiger partial charge < -0.3 is 15.0 Å².